The normalized spacial score (nSPS) is 11.9. The van der Waals surface area contributed by atoms with Gasteiger partial charge in [0.2, 0.25) is 0 Å². The fraction of sp³-hybridized carbons (Fsp3) is 0.167. The number of esters is 1. The van der Waals surface area contributed by atoms with E-state index in [0.717, 1.165) is 15.0 Å². The predicted octanol–water partition coefficient (Wildman–Crippen LogP) is 3.23. The van der Waals surface area contributed by atoms with Crippen LogP contribution < -0.4 is 5.32 Å². The number of ether oxygens (including phenoxy) is 1. The molecule has 0 saturated carbocycles. The van der Waals surface area contributed by atoms with Gasteiger partial charge in [0.1, 0.15) is 0 Å². The second-order valence-corrected chi connectivity index (χ2v) is 5.26. The van der Waals surface area contributed by atoms with Crippen LogP contribution in [0.2, 0.25) is 0 Å². The zero-order valence-electron chi connectivity index (χ0n) is 9.59. The van der Waals surface area contributed by atoms with Gasteiger partial charge in [0.15, 0.2) is 6.04 Å². The summed E-state index contributed by atoms with van der Waals surface area (Å²) in [4.78, 5) is 16.6. The highest BCUT2D eigenvalue weighted by Crippen LogP contribution is 2.28. The molecule has 1 N–H and O–H groups in total. The zero-order valence-corrected chi connectivity index (χ0v) is 12.0. The number of aromatic nitrogens is 1. The summed E-state index contributed by atoms with van der Waals surface area (Å²) in [7, 11) is 1.37. The molecule has 2 rings (SSSR count). The van der Waals surface area contributed by atoms with Crippen molar-refractivity contribution in [3.05, 3.63) is 45.3 Å². The molecule has 0 aliphatic heterocycles. The number of nitrogens with one attached hydrogen (secondary N) is 1. The van der Waals surface area contributed by atoms with Crippen LogP contribution in [0, 0.1) is 0 Å². The summed E-state index contributed by atoms with van der Waals surface area (Å²) in [6.45, 7) is 0. The topological polar surface area (TPSA) is 51.2 Å². The Bertz CT molecular complexity index is 531. The van der Waals surface area contributed by atoms with Gasteiger partial charge in [-0.25, -0.2) is 4.79 Å². The summed E-state index contributed by atoms with van der Waals surface area (Å²) >= 11 is 4.84. The third-order valence-electron chi connectivity index (χ3n) is 2.35. The zero-order chi connectivity index (χ0) is 13.0. The van der Waals surface area contributed by atoms with Gasteiger partial charge in [-0.3, -0.25) is 4.98 Å². The van der Waals surface area contributed by atoms with Crippen LogP contribution in [-0.2, 0) is 9.53 Å². The molecule has 0 saturated heterocycles. The molecule has 0 fully saturated rings. The lowest BCUT2D eigenvalue weighted by Crippen LogP contribution is -2.21. The van der Waals surface area contributed by atoms with Crippen LogP contribution in [0.3, 0.4) is 0 Å². The standard InChI is InChI=1S/C12H11BrN2O2S/c1-17-12(16)11(10-6-14-7-18-10)15-9-5-3-2-4-8(9)13/h2-7,11,15H,1H3. The molecule has 0 aliphatic rings. The number of benzene rings is 1. The Kier molecular flexibility index (Phi) is 4.33. The molecule has 18 heavy (non-hydrogen) atoms. The third-order valence-corrected chi connectivity index (χ3v) is 3.88. The molecule has 4 nitrogen and oxygen atoms in total. The minimum Gasteiger partial charge on any atom is -0.467 e. The smallest absolute Gasteiger partial charge is 0.333 e. The molecule has 1 heterocycles. The first kappa shape index (κ1) is 13.0. The number of para-hydroxylation sites is 1. The molecule has 0 spiro atoms. The predicted molar refractivity (Wildman–Crippen MR) is 74.6 cm³/mol. The first-order chi connectivity index (χ1) is 8.72. The molecular formula is C12H11BrN2O2S. The van der Waals surface area contributed by atoms with Crippen LogP contribution >= 0.6 is 27.3 Å². The summed E-state index contributed by atoms with van der Waals surface area (Å²) < 4.78 is 5.70. The molecule has 2 aromatic rings. The largest absolute Gasteiger partial charge is 0.467 e. The number of anilines is 1. The maximum atomic E-state index is 11.8. The van der Waals surface area contributed by atoms with E-state index in [-0.39, 0.29) is 5.97 Å². The monoisotopic (exact) mass is 326 g/mol. The number of methoxy groups -OCH3 is 1. The molecule has 1 unspecified atom stereocenters. The molecule has 1 atom stereocenters. The number of thiazole rings is 1. The molecular weight excluding hydrogens is 316 g/mol. The summed E-state index contributed by atoms with van der Waals surface area (Å²) in [6.07, 6.45) is 1.66. The molecule has 0 amide bonds. The fourth-order valence-corrected chi connectivity index (χ4v) is 2.52. The highest BCUT2D eigenvalue weighted by Gasteiger charge is 2.23. The van der Waals surface area contributed by atoms with Gasteiger partial charge in [-0.15, -0.1) is 11.3 Å². The van der Waals surface area contributed by atoms with Gasteiger partial charge < -0.3 is 10.1 Å². The lowest BCUT2D eigenvalue weighted by atomic mass is 10.2. The van der Waals surface area contributed by atoms with Crippen molar-refractivity contribution in [1.29, 1.82) is 0 Å². The van der Waals surface area contributed by atoms with E-state index in [1.54, 1.807) is 11.7 Å². The Balaban J connectivity index is 2.26. The maximum absolute atomic E-state index is 11.8. The minimum atomic E-state index is -0.541. The maximum Gasteiger partial charge on any atom is 0.333 e. The third kappa shape index (κ3) is 2.88. The molecule has 94 valence electrons. The Morgan fingerprint density at radius 1 is 1.50 bits per heavy atom. The van der Waals surface area contributed by atoms with Crippen molar-refractivity contribution in [2.75, 3.05) is 12.4 Å². The van der Waals surface area contributed by atoms with E-state index in [1.165, 1.54) is 18.4 Å². The number of halogens is 1. The number of nitrogens with zero attached hydrogens (tertiary/aromatic N) is 1. The summed E-state index contributed by atoms with van der Waals surface area (Å²) in [6, 6.07) is 7.06. The number of carbonyl (C=O) groups is 1. The van der Waals surface area contributed by atoms with Crippen molar-refractivity contribution in [2.24, 2.45) is 0 Å². The van der Waals surface area contributed by atoms with Crippen LogP contribution in [0.5, 0.6) is 0 Å². The van der Waals surface area contributed by atoms with Gasteiger partial charge in [0.25, 0.3) is 0 Å². The second kappa shape index (κ2) is 5.97. The van der Waals surface area contributed by atoms with Crippen molar-refractivity contribution < 1.29 is 9.53 Å². The highest BCUT2D eigenvalue weighted by molar-refractivity contribution is 9.10. The van der Waals surface area contributed by atoms with E-state index in [2.05, 4.69) is 26.2 Å². The van der Waals surface area contributed by atoms with E-state index in [1.807, 2.05) is 24.3 Å². The fourth-order valence-electron chi connectivity index (χ4n) is 1.47. The van der Waals surface area contributed by atoms with E-state index < -0.39 is 6.04 Å². The number of hydrogen-bond donors (Lipinski definition) is 1. The van der Waals surface area contributed by atoms with Crippen molar-refractivity contribution >= 4 is 38.9 Å². The van der Waals surface area contributed by atoms with Crippen LogP contribution in [0.25, 0.3) is 0 Å². The van der Waals surface area contributed by atoms with Crippen LogP contribution in [-0.4, -0.2) is 18.1 Å². The Morgan fingerprint density at radius 3 is 2.89 bits per heavy atom. The van der Waals surface area contributed by atoms with Gasteiger partial charge >= 0.3 is 5.97 Å². The van der Waals surface area contributed by atoms with E-state index >= 15 is 0 Å². The second-order valence-electron chi connectivity index (χ2n) is 3.48. The van der Waals surface area contributed by atoms with Crippen molar-refractivity contribution in [2.45, 2.75) is 6.04 Å². The first-order valence-corrected chi connectivity index (χ1v) is 6.87. The highest BCUT2D eigenvalue weighted by atomic mass is 79.9. The molecule has 1 aromatic heterocycles. The SMILES string of the molecule is COC(=O)C(Nc1ccccc1Br)c1cncs1. The van der Waals surface area contributed by atoms with Crippen molar-refractivity contribution in [3.63, 3.8) is 0 Å². The van der Waals surface area contributed by atoms with Crippen LogP contribution in [0.4, 0.5) is 5.69 Å². The lowest BCUT2D eigenvalue weighted by molar-refractivity contribution is -0.141. The number of rotatable bonds is 4. The molecule has 0 bridgehead atoms. The van der Waals surface area contributed by atoms with E-state index in [0.29, 0.717) is 0 Å². The summed E-state index contributed by atoms with van der Waals surface area (Å²) in [5, 5.41) is 3.15. The Hall–Kier alpha value is -1.40. The lowest BCUT2D eigenvalue weighted by Gasteiger charge is -2.16. The number of carbonyl (C=O) groups excluding carboxylic acids is 1. The Morgan fingerprint density at radius 2 is 2.28 bits per heavy atom. The molecule has 0 radical (unpaired) electrons. The summed E-state index contributed by atoms with van der Waals surface area (Å²) in [5.41, 5.74) is 2.52. The average molecular weight is 327 g/mol. The molecule has 0 aliphatic carbocycles. The van der Waals surface area contributed by atoms with Crippen LogP contribution in [0.15, 0.2) is 40.4 Å². The summed E-state index contributed by atoms with van der Waals surface area (Å²) in [5.74, 6) is -0.338. The minimum absolute atomic E-state index is 0.338. The Labute approximate surface area is 117 Å². The average Bonchev–Trinajstić information content (AvgIpc) is 2.90. The van der Waals surface area contributed by atoms with E-state index in [4.69, 9.17) is 4.74 Å². The van der Waals surface area contributed by atoms with Gasteiger partial charge in [0.05, 0.1) is 17.5 Å². The van der Waals surface area contributed by atoms with E-state index in [9.17, 15) is 4.79 Å². The van der Waals surface area contributed by atoms with Gasteiger partial charge in [-0.2, -0.15) is 0 Å². The van der Waals surface area contributed by atoms with Gasteiger partial charge in [0, 0.05) is 16.4 Å². The van der Waals surface area contributed by atoms with Crippen molar-refractivity contribution in [3.8, 4) is 0 Å². The first-order valence-electron chi connectivity index (χ1n) is 5.19. The molecule has 6 heteroatoms. The van der Waals surface area contributed by atoms with Gasteiger partial charge in [-0.1, -0.05) is 12.1 Å². The molecule has 1 aromatic carbocycles. The van der Waals surface area contributed by atoms with Gasteiger partial charge in [-0.05, 0) is 28.1 Å². The van der Waals surface area contributed by atoms with Crippen molar-refractivity contribution in [1.82, 2.24) is 4.98 Å². The van der Waals surface area contributed by atoms with Crippen LogP contribution in [0.1, 0.15) is 10.9 Å². The number of hydrogen-bond acceptors (Lipinski definition) is 5. The quantitative estimate of drug-likeness (QED) is 0.876.